The van der Waals surface area contributed by atoms with Gasteiger partial charge in [0, 0.05) is 18.3 Å². The van der Waals surface area contributed by atoms with Crippen molar-refractivity contribution < 1.29 is 0 Å². The van der Waals surface area contributed by atoms with Crippen LogP contribution in [0.1, 0.15) is 13.8 Å². The third-order valence-electron chi connectivity index (χ3n) is 2.44. The van der Waals surface area contributed by atoms with Gasteiger partial charge in [-0.3, -0.25) is 0 Å². The van der Waals surface area contributed by atoms with Crippen LogP contribution in [0.15, 0.2) is 24.8 Å². The van der Waals surface area contributed by atoms with Crippen molar-refractivity contribution in [3.05, 3.63) is 24.8 Å². The normalized spacial score (nSPS) is 11.5. The van der Waals surface area contributed by atoms with Gasteiger partial charge in [-0.15, -0.1) is 0 Å². The van der Waals surface area contributed by atoms with Crippen molar-refractivity contribution in [2.45, 2.75) is 19.9 Å². The molecule has 3 aromatic heterocycles. The molecular formula is C11H12N6. The molecule has 0 atom stereocenters. The first-order valence-corrected chi connectivity index (χ1v) is 5.45. The zero-order valence-corrected chi connectivity index (χ0v) is 9.62. The van der Waals surface area contributed by atoms with Crippen molar-refractivity contribution in [3.63, 3.8) is 0 Å². The minimum atomic E-state index is 0.307. The van der Waals surface area contributed by atoms with Gasteiger partial charge in [-0.25, -0.2) is 15.0 Å². The summed E-state index contributed by atoms with van der Waals surface area (Å²) in [6.07, 6.45) is 5.02. The summed E-state index contributed by atoms with van der Waals surface area (Å²) in [4.78, 5) is 12.8. The Hall–Kier alpha value is -2.24. The highest BCUT2D eigenvalue weighted by molar-refractivity contribution is 5.86. The number of rotatable bonds is 2. The van der Waals surface area contributed by atoms with Crippen LogP contribution in [0.4, 0.5) is 5.82 Å². The summed E-state index contributed by atoms with van der Waals surface area (Å²) in [6.45, 7) is 4.13. The lowest BCUT2D eigenvalue weighted by Crippen LogP contribution is -2.12. The van der Waals surface area contributed by atoms with Crippen LogP contribution < -0.4 is 5.32 Å². The molecule has 0 amide bonds. The van der Waals surface area contributed by atoms with E-state index in [0.29, 0.717) is 6.04 Å². The van der Waals surface area contributed by atoms with Crippen LogP contribution in [0.2, 0.25) is 0 Å². The first-order valence-electron chi connectivity index (χ1n) is 5.45. The van der Waals surface area contributed by atoms with E-state index in [1.807, 2.05) is 6.07 Å². The number of anilines is 1. The van der Waals surface area contributed by atoms with Crippen molar-refractivity contribution in [1.82, 2.24) is 24.6 Å². The van der Waals surface area contributed by atoms with E-state index in [1.165, 1.54) is 6.33 Å². The van der Waals surface area contributed by atoms with Crippen LogP contribution in [-0.2, 0) is 0 Å². The van der Waals surface area contributed by atoms with E-state index in [1.54, 1.807) is 16.9 Å². The SMILES string of the molecule is CC(C)Nc1ncnc2c1cnc1ccnn12. The van der Waals surface area contributed by atoms with Crippen LogP contribution in [0, 0.1) is 0 Å². The standard InChI is InChI=1S/C11H12N6/c1-7(2)16-10-8-5-12-9-3-4-15-17(9)11(8)14-6-13-10/h3-7H,1-2H3,(H,13,14,16). The molecule has 6 heteroatoms. The highest BCUT2D eigenvalue weighted by Gasteiger charge is 2.08. The van der Waals surface area contributed by atoms with Gasteiger partial charge in [0.25, 0.3) is 0 Å². The molecule has 0 aliphatic rings. The van der Waals surface area contributed by atoms with E-state index in [9.17, 15) is 0 Å². The predicted molar refractivity (Wildman–Crippen MR) is 64.8 cm³/mol. The zero-order chi connectivity index (χ0) is 11.8. The van der Waals surface area contributed by atoms with E-state index in [-0.39, 0.29) is 0 Å². The van der Waals surface area contributed by atoms with Crippen LogP contribution >= 0.6 is 0 Å². The second-order valence-electron chi connectivity index (χ2n) is 4.12. The van der Waals surface area contributed by atoms with Gasteiger partial charge in [-0.05, 0) is 13.8 Å². The summed E-state index contributed by atoms with van der Waals surface area (Å²) in [5.74, 6) is 0.787. The third-order valence-corrected chi connectivity index (χ3v) is 2.44. The number of aromatic nitrogens is 5. The fourth-order valence-corrected chi connectivity index (χ4v) is 1.75. The van der Waals surface area contributed by atoms with Gasteiger partial charge in [0.2, 0.25) is 0 Å². The Kier molecular flexibility index (Phi) is 2.14. The largest absolute Gasteiger partial charge is 0.367 e. The Morgan fingerprint density at radius 1 is 1.24 bits per heavy atom. The first-order chi connectivity index (χ1) is 8.25. The van der Waals surface area contributed by atoms with Gasteiger partial charge in [0.05, 0.1) is 11.6 Å². The molecule has 0 aromatic carbocycles. The predicted octanol–water partition coefficient (Wildman–Crippen LogP) is 1.49. The van der Waals surface area contributed by atoms with Crippen LogP contribution in [0.5, 0.6) is 0 Å². The third kappa shape index (κ3) is 1.57. The number of hydrogen-bond acceptors (Lipinski definition) is 5. The zero-order valence-electron chi connectivity index (χ0n) is 9.62. The number of hydrogen-bond donors (Lipinski definition) is 1. The number of fused-ring (bicyclic) bond motifs is 3. The molecule has 0 aliphatic heterocycles. The molecular weight excluding hydrogens is 216 g/mol. The summed E-state index contributed by atoms with van der Waals surface area (Å²) in [5, 5.41) is 8.35. The van der Waals surface area contributed by atoms with Gasteiger partial charge in [0.15, 0.2) is 11.3 Å². The second kappa shape index (κ2) is 3.65. The number of nitrogens with one attached hydrogen (secondary N) is 1. The molecule has 86 valence electrons. The first kappa shape index (κ1) is 9.95. The Morgan fingerprint density at radius 2 is 2.12 bits per heavy atom. The Bertz CT molecular complexity index is 672. The highest BCUT2D eigenvalue weighted by Crippen LogP contribution is 2.19. The quantitative estimate of drug-likeness (QED) is 0.719. The number of nitrogens with zero attached hydrogens (tertiary/aromatic N) is 5. The Balaban J connectivity index is 2.31. The monoisotopic (exact) mass is 228 g/mol. The van der Waals surface area contributed by atoms with Gasteiger partial charge in [-0.2, -0.15) is 9.61 Å². The van der Waals surface area contributed by atoms with Gasteiger partial charge >= 0.3 is 0 Å². The average Bonchev–Trinajstić information content (AvgIpc) is 2.76. The molecule has 0 saturated heterocycles. The molecule has 0 bridgehead atoms. The molecule has 3 heterocycles. The maximum Gasteiger partial charge on any atom is 0.170 e. The molecule has 0 spiro atoms. The Morgan fingerprint density at radius 3 is 2.94 bits per heavy atom. The van der Waals surface area contributed by atoms with E-state index in [0.717, 1.165) is 22.5 Å². The maximum atomic E-state index is 4.32. The van der Waals surface area contributed by atoms with Crippen molar-refractivity contribution in [1.29, 1.82) is 0 Å². The lowest BCUT2D eigenvalue weighted by molar-refractivity contribution is 0.886. The molecule has 17 heavy (non-hydrogen) atoms. The van der Waals surface area contributed by atoms with Crippen LogP contribution in [0.3, 0.4) is 0 Å². The summed E-state index contributed by atoms with van der Waals surface area (Å²) < 4.78 is 1.71. The molecule has 0 radical (unpaired) electrons. The molecule has 3 rings (SSSR count). The second-order valence-corrected chi connectivity index (χ2v) is 4.12. The summed E-state index contributed by atoms with van der Waals surface area (Å²) in [7, 11) is 0. The van der Waals surface area contributed by atoms with Crippen LogP contribution in [0.25, 0.3) is 16.7 Å². The minimum absolute atomic E-state index is 0.307. The van der Waals surface area contributed by atoms with E-state index < -0.39 is 0 Å². The minimum Gasteiger partial charge on any atom is -0.367 e. The molecule has 0 fully saturated rings. The molecule has 0 aliphatic carbocycles. The molecule has 0 unspecified atom stereocenters. The van der Waals surface area contributed by atoms with Crippen molar-refractivity contribution in [3.8, 4) is 0 Å². The summed E-state index contributed by atoms with van der Waals surface area (Å²) >= 11 is 0. The summed E-state index contributed by atoms with van der Waals surface area (Å²) in [5.41, 5.74) is 1.55. The van der Waals surface area contributed by atoms with Crippen molar-refractivity contribution >= 4 is 22.5 Å². The highest BCUT2D eigenvalue weighted by atomic mass is 15.3. The maximum absolute atomic E-state index is 4.32. The smallest absolute Gasteiger partial charge is 0.170 e. The van der Waals surface area contributed by atoms with Gasteiger partial charge < -0.3 is 5.32 Å². The topological polar surface area (TPSA) is 68.0 Å². The average molecular weight is 228 g/mol. The van der Waals surface area contributed by atoms with Crippen molar-refractivity contribution in [2.75, 3.05) is 5.32 Å². The molecule has 1 N–H and O–H groups in total. The molecule has 6 nitrogen and oxygen atoms in total. The lowest BCUT2D eigenvalue weighted by Gasteiger charge is -2.10. The lowest BCUT2D eigenvalue weighted by atomic mass is 10.3. The van der Waals surface area contributed by atoms with Gasteiger partial charge in [0.1, 0.15) is 12.1 Å². The summed E-state index contributed by atoms with van der Waals surface area (Å²) in [6, 6.07) is 2.15. The van der Waals surface area contributed by atoms with Gasteiger partial charge in [-0.1, -0.05) is 0 Å². The van der Waals surface area contributed by atoms with E-state index in [4.69, 9.17) is 0 Å². The van der Waals surface area contributed by atoms with Crippen LogP contribution in [-0.4, -0.2) is 30.6 Å². The fraction of sp³-hybridized carbons (Fsp3) is 0.273. The van der Waals surface area contributed by atoms with E-state index in [2.05, 4.69) is 39.2 Å². The molecule has 3 aromatic rings. The van der Waals surface area contributed by atoms with E-state index >= 15 is 0 Å². The Labute approximate surface area is 97.7 Å². The molecule has 0 saturated carbocycles. The fourth-order valence-electron chi connectivity index (χ4n) is 1.75. The van der Waals surface area contributed by atoms with Crippen molar-refractivity contribution in [2.24, 2.45) is 0 Å².